The highest BCUT2D eigenvalue weighted by Gasteiger charge is 2.46. The minimum absolute atomic E-state index is 0.521. The molecular formula is C61H41N. The maximum absolute atomic E-state index is 2.47. The van der Waals surface area contributed by atoms with Crippen LogP contribution in [-0.4, -0.2) is 0 Å². The summed E-state index contributed by atoms with van der Waals surface area (Å²) in [6.07, 6.45) is 0. The first-order chi connectivity index (χ1) is 30.8. The van der Waals surface area contributed by atoms with Gasteiger partial charge in [-0.05, 0) is 124 Å². The Labute approximate surface area is 362 Å². The molecule has 1 aliphatic rings. The second kappa shape index (κ2) is 14.6. The zero-order valence-corrected chi connectivity index (χ0v) is 34.1. The van der Waals surface area contributed by atoms with Crippen molar-refractivity contribution in [1.82, 2.24) is 0 Å². The Kier molecular flexibility index (Phi) is 8.47. The third kappa shape index (κ3) is 5.56. The smallest absolute Gasteiger partial charge is 0.0714 e. The van der Waals surface area contributed by atoms with E-state index in [1.54, 1.807) is 0 Å². The van der Waals surface area contributed by atoms with Crippen LogP contribution in [0.25, 0.3) is 65.7 Å². The van der Waals surface area contributed by atoms with Crippen molar-refractivity contribution in [3.05, 3.63) is 271 Å². The van der Waals surface area contributed by atoms with E-state index in [-0.39, 0.29) is 0 Å². The predicted molar refractivity (Wildman–Crippen MR) is 262 cm³/mol. The van der Waals surface area contributed by atoms with E-state index in [1.165, 1.54) is 88.0 Å². The van der Waals surface area contributed by atoms with Gasteiger partial charge in [0.1, 0.15) is 0 Å². The van der Waals surface area contributed by atoms with E-state index in [1.807, 2.05) is 0 Å². The molecule has 11 aromatic carbocycles. The summed E-state index contributed by atoms with van der Waals surface area (Å²) in [7, 11) is 0. The summed E-state index contributed by atoms with van der Waals surface area (Å²) >= 11 is 0. The van der Waals surface area contributed by atoms with E-state index < -0.39 is 5.41 Å². The number of hydrogen-bond donors (Lipinski definition) is 0. The molecule has 0 radical (unpaired) electrons. The number of rotatable bonds is 7. The summed E-state index contributed by atoms with van der Waals surface area (Å²) in [6, 6.07) is 91.8. The molecule has 0 atom stereocenters. The van der Waals surface area contributed by atoms with E-state index in [9.17, 15) is 0 Å². The Bertz CT molecular complexity index is 3410. The second-order valence-electron chi connectivity index (χ2n) is 16.4. The molecule has 1 heteroatoms. The molecule has 1 aliphatic carbocycles. The fourth-order valence-electron chi connectivity index (χ4n) is 10.5. The lowest BCUT2D eigenvalue weighted by atomic mass is 9.67. The molecule has 62 heavy (non-hydrogen) atoms. The van der Waals surface area contributed by atoms with Gasteiger partial charge in [-0.1, -0.05) is 212 Å². The lowest BCUT2D eigenvalue weighted by molar-refractivity contribution is 0.768. The minimum Gasteiger partial charge on any atom is -0.310 e. The second-order valence-corrected chi connectivity index (χ2v) is 16.4. The molecule has 12 rings (SSSR count). The van der Waals surface area contributed by atoms with E-state index >= 15 is 0 Å². The van der Waals surface area contributed by atoms with Crippen LogP contribution < -0.4 is 4.90 Å². The highest BCUT2D eigenvalue weighted by Crippen LogP contribution is 2.57. The average molecular weight is 788 g/mol. The molecule has 0 spiro atoms. The summed E-state index contributed by atoms with van der Waals surface area (Å²) in [5.74, 6) is 0. The Morgan fingerprint density at radius 1 is 0.274 bits per heavy atom. The molecule has 0 N–H and O–H groups in total. The summed E-state index contributed by atoms with van der Waals surface area (Å²) in [4.78, 5) is 2.47. The molecule has 11 aromatic rings. The van der Waals surface area contributed by atoms with Crippen LogP contribution in [0.4, 0.5) is 17.1 Å². The number of fused-ring (bicyclic) bond motifs is 7. The number of nitrogens with zero attached hydrogens (tertiary/aromatic N) is 1. The van der Waals surface area contributed by atoms with Gasteiger partial charge in [-0.2, -0.15) is 0 Å². The SMILES string of the molecule is c1ccc(-c2c(-c3ccccc3)c3cc(N(c4ccc5c(c4)C(c4ccccc4)(c4ccccc4)c4ccccc4-5)c4ccc5ccccc5c4)ccc3c3ccccc23)cc1. The van der Waals surface area contributed by atoms with Crippen molar-refractivity contribution < 1.29 is 0 Å². The van der Waals surface area contributed by atoms with Crippen LogP contribution in [-0.2, 0) is 5.41 Å². The largest absolute Gasteiger partial charge is 0.310 e. The van der Waals surface area contributed by atoms with Crippen molar-refractivity contribution in [3.63, 3.8) is 0 Å². The molecule has 0 heterocycles. The van der Waals surface area contributed by atoms with E-state index in [0.29, 0.717) is 0 Å². The van der Waals surface area contributed by atoms with Crippen molar-refractivity contribution in [1.29, 1.82) is 0 Å². The van der Waals surface area contributed by atoms with Gasteiger partial charge in [-0.25, -0.2) is 0 Å². The number of anilines is 3. The van der Waals surface area contributed by atoms with Crippen molar-refractivity contribution >= 4 is 49.4 Å². The first kappa shape index (κ1) is 35.9. The van der Waals surface area contributed by atoms with Gasteiger partial charge in [-0.15, -0.1) is 0 Å². The van der Waals surface area contributed by atoms with Crippen molar-refractivity contribution in [2.45, 2.75) is 5.41 Å². The minimum atomic E-state index is -0.521. The van der Waals surface area contributed by atoms with Gasteiger partial charge < -0.3 is 4.90 Å². The normalized spacial score (nSPS) is 12.6. The summed E-state index contributed by atoms with van der Waals surface area (Å²) in [5, 5.41) is 7.37. The van der Waals surface area contributed by atoms with Gasteiger partial charge in [0, 0.05) is 17.1 Å². The lowest BCUT2D eigenvalue weighted by Gasteiger charge is -2.35. The summed E-state index contributed by atoms with van der Waals surface area (Å²) < 4.78 is 0. The standard InChI is InChI=1S/C61H41N/c1-5-20-43(21-6-1)59-55-31-16-15-29-51(55)52-37-35-49(40-56(52)60(59)44-22-7-2-8-23-44)62(48-34-33-42-19-13-14-24-45(42)39-48)50-36-38-54-53-30-17-18-32-57(53)61(58(54)41-50,46-25-9-3-10-26-46)47-27-11-4-12-28-47/h1-41H. The van der Waals surface area contributed by atoms with Crippen molar-refractivity contribution in [3.8, 4) is 33.4 Å². The summed E-state index contributed by atoms with van der Waals surface area (Å²) in [6.45, 7) is 0. The Hall–Kier alpha value is -8.00. The van der Waals surface area contributed by atoms with Gasteiger partial charge in [0.2, 0.25) is 0 Å². The van der Waals surface area contributed by atoms with Gasteiger partial charge >= 0.3 is 0 Å². The molecule has 0 amide bonds. The summed E-state index contributed by atoms with van der Waals surface area (Å²) in [5.41, 5.74) is 15.3. The molecule has 0 fully saturated rings. The third-order valence-electron chi connectivity index (χ3n) is 13.1. The molecular weight excluding hydrogens is 747 g/mol. The maximum atomic E-state index is 2.47. The third-order valence-corrected chi connectivity index (χ3v) is 13.1. The fraction of sp³-hybridized carbons (Fsp3) is 0.0164. The molecule has 0 saturated heterocycles. The molecule has 290 valence electrons. The first-order valence-electron chi connectivity index (χ1n) is 21.5. The molecule has 0 saturated carbocycles. The van der Waals surface area contributed by atoms with E-state index in [2.05, 4.69) is 254 Å². The van der Waals surface area contributed by atoms with Gasteiger partial charge in [-0.3, -0.25) is 0 Å². The van der Waals surface area contributed by atoms with Crippen LogP contribution in [0, 0.1) is 0 Å². The van der Waals surface area contributed by atoms with Crippen LogP contribution in [0.3, 0.4) is 0 Å². The number of hydrogen-bond acceptors (Lipinski definition) is 1. The zero-order chi connectivity index (χ0) is 41.0. The van der Waals surface area contributed by atoms with Gasteiger partial charge in [0.15, 0.2) is 0 Å². The van der Waals surface area contributed by atoms with E-state index in [0.717, 1.165) is 17.1 Å². The maximum Gasteiger partial charge on any atom is 0.0714 e. The van der Waals surface area contributed by atoms with Crippen LogP contribution >= 0.6 is 0 Å². The predicted octanol–water partition coefficient (Wildman–Crippen LogP) is 16.3. The van der Waals surface area contributed by atoms with Gasteiger partial charge in [0.25, 0.3) is 0 Å². The highest BCUT2D eigenvalue weighted by atomic mass is 15.1. The van der Waals surface area contributed by atoms with Crippen LogP contribution in [0.1, 0.15) is 22.3 Å². The lowest BCUT2D eigenvalue weighted by Crippen LogP contribution is -2.28. The van der Waals surface area contributed by atoms with Crippen LogP contribution in [0.5, 0.6) is 0 Å². The topological polar surface area (TPSA) is 3.24 Å². The molecule has 0 bridgehead atoms. The van der Waals surface area contributed by atoms with E-state index in [4.69, 9.17) is 0 Å². The Morgan fingerprint density at radius 3 is 1.44 bits per heavy atom. The van der Waals surface area contributed by atoms with Crippen LogP contribution in [0.15, 0.2) is 249 Å². The Morgan fingerprint density at radius 2 is 0.742 bits per heavy atom. The van der Waals surface area contributed by atoms with Crippen molar-refractivity contribution in [2.75, 3.05) is 4.90 Å². The van der Waals surface area contributed by atoms with Crippen LogP contribution in [0.2, 0.25) is 0 Å². The molecule has 0 unspecified atom stereocenters. The highest BCUT2D eigenvalue weighted by molar-refractivity contribution is 6.22. The molecule has 0 aromatic heterocycles. The Balaban J connectivity index is 1.17. The van der Waals surface area contributed by atoms with Gasteiger partial charge in [0.05, 0.1) is 5.41 Å². The quantitative estimate of drug-likeness (QED) is 0.145. The fourth-order valence-corrected chi connectivity index (χ4v) is 10.5. The monoisotopic (exact) mass is 787 g/mol. The molecule has 1 nitrogen and oxygen atoms in total. The molecule has 0 aliphatic heterocycles. The average Bonchev–Trinajstić information content (AvgIpc) is 3.65. The number of benzene rings is 11. The first-order valence-corrected chi connectivity index (χ1v) is 21.5. The zero-order valence-electron chi connectivity index (χ0n) is 34.1. The van der Waals surface area contributed by atoms with Crippen molar-refractivity contribution in [2.24, 2.45) is 0 Å².